The van der Waals surface area contributed by atoms with E-state index in [1.807, 2.05) is 0 Å². The summed E-state index contributed by atoms with van der Waals surface area (Å²) in [5.74, 6) is 0.619. The number of hydrogen-bond donors (Lipinski definition) is 0. The molecule has 0 amide bonds. The number of nitrogens with zero attached hydrogens (tertiary/aromatic N) is 1. The minimum atomic E-state index is -0.0902. The van der Waals surface area contributed by atoms with E-state index in [1.54, 1.807) is 0 Å². The van der Waals surface area contributed by atoms with Crippen LogP contribution in [0, 0.1) is 10.8 Å². The van der Waals surface area contributed by atoms with Crippen LogP contribution in [0.15, 0.2) is 4.99 Å². The Morgan fingerprint density at radius 1 is 0.682 bits per heavy atom. The van der Waals surface area contributed by atoms with Crippen LogP contribution < -0.4 is 0 Å². The van der Waals surface area contributed by atoms with Crippen molar-refractivity contribution in [3.05, 3.63) is 0 Å². The number of ketones is 1. The lowest BCUT2D eigenvalue weighted by Crippen LogP contribution is -2.68. The summed E-state index contributed by atoms with van der Waals surface area (Å²) in [7, 11) is 0. The fraction of sp³-hybridized carbons (Fsp3) is 0.900. The molecular formula is C20H31NO. The minimum Gasteiger partial charge on any atom is -0.298 e. The fourth-order valence-corrected chi connectivity index (χ4v) is 5.95. The third kappa shape index (κ3) is 2.12. The van der Waals surface area contributed by atoms with Crippen molar-refractivity contribution in [3.63, 3.8) is 0 Å². The molecule has 0 aromatic heterocycles. The molecule has 4 fully saturated rings. The molecule has 0 N–H and O–H groups in total. The van der Waals surface area contributed by atoms with Crippen molar-refractivity contribution in [2.24, 2.45) is 15.8 Å². The number of rotatable bonds is 1. The Labute approximate surface area is 135 Å². The first-order valence-corrected chi connectivity index (χ1v) is 9.92. The second-order valence-corrected chi connectivity index (χ2v) is 8.38. The number of hydrogen-bond acceptors (Lipinski definition) is 2. The van der Waals surface area contributed by atoms with Gasteiger partial charge in [-0.05, 0) is 38.5 Å². The lowest BCUT2D eigenvalue weighted by atomic mass is 9.42. The van der Waals surface area contributed by atoms with Gasteiger partial charge in [-0.15, -0.1) is 0 Å². The van der Waals surface area contributed by atoms with Crippen molar-refractivity contribution >= 4 is 11.5 Å². The molecule has 0 aromatic rings. The molecule has 122 valence electrons. The molecule has 4 rings (SSSR count). The first-order valence-electron chi connectivity index (χ1n) is 9.92. The van der Waals surface area contributed by atoms with Gasteiger partial charge >= 0.3 is 0 Å². The second-order valence-electron chi connectivity index (χ2n) is 8.38. The second kappa shape index (κ2) is 5.76. The first-order chi connectivity index (χ1) is 10.8. The van der Waals surface area contributed by atoms with E-state index in [2.05, 4.69) is 0 Å². The van der Waals surface area contributed by atoms with Crippen molar-refractivity contribution in [3.8, 4) is 0 Å². The number of carbonyl (C=O) groups excluding carboxylic acids is 1. The van der Waals surface area contributed by atoms with E-state index < -0.39 is 0 Å². The van der Waals surface area contributed by atoms with Gasteiger partial charge in [0.15, 0.2) is 5.78 Å². The highest BCUT2D eigenvalue weighted by molar-refractivity contribution is 6.33. The largest absolute Gasteiger partial charge is 0.298 e. The van der Waals surface area contributed by atoms with Crippen molar-refractivity contribution in [2.75, 3.05) is 0 Å². The third-order valence-electron chi connectivity index (χ3n) is 7.08. The number of carbonyl (C=O) groups is 1. The number of Topliss-reactive ketones (excluding diaryl/α,β-unsaturated/α-hetero) is 1. The molecule has 2 heteroatoms. The quantitative estimate of drug-likeness (QED) is 0.651. The van der Waals surface area contributed by atoms with E-state index >= 15 is 0 Å². The molecule has 0 atom stereocenters. The summed E-state index contributed by atoms with van der Waals surface area (Å²) >= 11 is 0. The minimum absolute atomic E-state index is 0.0902. The average molecular weight is 301 g/mol. The molecule has 2 nitrogen and oxygen atoms in total. The molecule has 0 radical (unpaired) electrons. The molecule has 4 aliphatic rings. The van der Waals surface area contributed by atoms with E-state index in [1.165, 1.54) is 76.3 Å². The van der Waals surface area contributed by atoms with Crippen LogP contribution in [-0.2, 0) is 4.79 Å². The highest BCUT2D eigenvalue weighted by Gasteiger charge is 2.67. The van der Waals surface area contributed by atoms with Gasteiger partial charge in [0.05, 0.1) is 10.8 Å². The monoisotopic (exact) mass is 301 g/mol. The van der Waals surface area contributed by atoms with Gasteiger partial charge in [-0.25, -0.2) is 0 Å². The molecule has 0 aliphatic heterocycles. The summed E-state index contributed by atoms with van der Waals surface area (Å²) in [6.07, 6.45) is 18.6. The Morgan fingerprint density at radius 3 is 1.64 bits per heavy atom. The summed E-state index contributed by atoms with van der Waals surface area (Å²) in [5.41, 5.74) is 1.23. The zero-order chi connectivity index (χ0) is 15.0. The van der Waals surface area contributed by atoms with Crippen molar-refractivity contribution in [1.82, 2.24) is 0 Å². The topological polar surface area (TPSA) is 29.4 Å². The first kappa shape index (κ1) is 14.9. The van der Waals surface area contributed by atoms with E-state index in [-0.39, 0.29) is 10.8 Å². The lowest BCUT2D eigenvalue weighted by Gasteiger charge is -2.59. The molecule has 0 bridgehead atoms. The van der Waals surface area contributed by atoms with Crippen LogP contribution in [0.3, 0.4) is 0 Å². The van der Waals surface area contributed by atoms with Crippen LogP contribution in [-0.4, -0.2) is 17.5 Å². The Balaban J connectivity index is 1.67. The molecule has 0 aromatic carbocycles. The zero-order valence-electron chi connectivity index (χ0n) is 14.0. The number of aliphatic imine (C=N–C) groups is 1. The Morgan fingerprint density at radius 2 is 1.14 bits per heavy atom. The molecule has 2 spiro atoms. The van der Waals surface area contributed by atoms with Crippen LogP contribution in [0.4, 0.5) is 0 Å². The van der Waals surface area contributed by atoms with Gasteiger partial charge in [0, 0.05) is 11.8 Å². The summed E-state index contributed by atoms with van der Waals surface area (Å²) in [6.45, 7) is 0. The van der Waals surface area contributed by atoms with Crippen LogP contribution in [0.25, 0.3) is 0 Å². The Kier molecular flexibility index (Phi) is 3.90. The maximum atomic E-state index is 13.3. The summed E-state index contributed by atoms with van der Waals surface area (Å²) in [4.78, 5) is 18.6. The van der Waals surface area contributed by atoms with Crippen molar-refractivity contribution in [1.29, 1.82) is 0 Å². The summed E-state index contributed by atoms with van der Waals surface area (Å²) in [6, 6.07) is 0.537. The lowest BCUT2D eigenvalue weighted by molar-refractivity contribution is -0.142. The van der Waals surface area contributed by atoms with Gasteiger partial charge in [-0.2, -0.15) is 0 Å². The van der Waals surface area contributed by atoms with Crippen molar-refractivity contribution in [2.45, 2.75) is 102 Å². The molecule has 0 heterocycles. The molecule has 4 aliphatic carbocycles. The predicted molar refractivity (Wildman–Crippen MR) is 90.4 cm³/mol. The van der Waals surface area contributed by atoms with Gasteiger partial charge in [0.2, 0.25) is 0 Å². The maximum absolute atomic E-state index is 13.3. The standard InChI is InChI=1S/C20H31NO/c22-18-19(12-6-2-7-13-19)17(20(18)14-8-3-9-15-20)21-16-10-4-1-5-11-16/h16H,1-15H2. The zero-order valence-corrected chi connectivity index (χ0v) is 14.0. The Hall–Kier alpha value is -0.660. The van der Waals surface area contributed by atoms with E-state index in [0.717, 1.165) is 25.7 Å². The van der Waals surface area contributed by atoms with Gasteiger partial charge in [-0.3, -0.25) is 9.79 Å². The SMILES string of the molecule is O=C1C2(CCCCC2)C(=NC2CCCCC2)C12CCCCC2. The van der Waals surface area contributed by atoms with Crippen LogP contribution in [0.1, 0.15) is 96.3 Å². The molecule has 22 heavy (non-hydrogen) atoms. The molecular weight excluding hydrogens is 270 g/mol. The maximum Gasteiger partial charge on any atom is 0.156 e. The van der Waals surface area contributed by atoms with E-state index in [4.69, 9.17) is 4.99 Å². The fourth-order valence-electron chi connectivity index (χ4n) is 5.95. The highest BCUT2D eigenvalue weighted by atomic mass is 16.1. The van der Waals surface area contributed by atoms with Gasteiger partial charge in [0.1, 0.15) is 0 Å². The van der Waals surface area contributed by atoms with E-state index in [9.17, 15) is 4.79 Å². The Bertz CT molecular complexity index is 430. The van der Waals surface area contributed by atoms with Crippen LogP contribution >= 0.6 is 0 Å². The van der Waals surface area contributed by atoms with Gasteiger partial charge in [0.25, 0.3) is 0 Å². The summed E-state index contributed by atoms with van der Waals surface area (Å²) in [5, 5.41) is 0. The van der Waals surface area contributed by atoms with E-state index in [0.29, 0.717) is 11.8 Å². The molecule has 4 saturated carbocycles. The molecule has 0 saturated heterocycles. The van der Waals surface area contributed by atoms with Crippen LogP contribution in [0.2, 0.25) is 0 Å². The van der Waals surface area contributed by atoms with Gasteiger partial charge in [-0.1, -0.05) is 57.8 Å². The normalized spacial score (nSPS) is 31.3. The summed E-state index contributed by atoms with van der Waals surface area (Å²) < 4.78 is 0. The predicted octanol–water partition coefficient (Wildman–Crippen LogP) is 5.24. The van der Waals surface area contributed by atoms with Crippen LogP contribution in [0.5, 0.6) is 0 Å². The van der Waals surface area contributed by atoms with Crippen molar-refractivity contribution < 1.29 is 4.79 Å². The average Bonchev–Trinajstić information content (AvgIpc) is 2.61. The highest BCUT2D eigenvalue weighted by Crippen LogP contribution is 2.61. The molecule has 0 unspecified atom stereocenters. The third-order valence-corrected chi connectivity index (χ3v) is 7.08. The smallest absolute Gasteiger partial charge is 0.156 e. The van der Waals surface area contributed by atoms with Gasteiger partial charge < -0.3 is 0 Å².